The van der Waals surface area contributed by atoms with Gasteiger partial charge in [0.25, 0.3) is 0 Å². The first-order valence-electron chi connectivity index (χ1n) is 9.65. The van der Waals surface area contributed by atoms with Crippen LogP contribution in [0.4, 0.5) is 0 Å². The smallest absolute Gasteiger partial charge is 0.190 e. The fourth-order valence-electron chi connectivity index (χ4n) is 3.59. The fourth-order valence-corrected chi connectivity index (χ4v) is 3.59. The molecule has 0 saturated carbocycles. The summed E-state index contributed by atoms with van der Waals surface area (Å²) in [5, 5.41) is 9.28. The topological polar surface area (TPSA) is 71.4 Å². The first-order valence-corrected chi connectivity index (χ1v) is 9.65. The van der Waals surface area contributed by atoms with E-state index in [-0.39, 0.29) is 23.1 Å². The van der Waals surface area contributed by atoms with Gasteiger partial charge in [-0.25, -0.2) is 0 Å². The van der Waals surface area contributed by atoms with Crippen molar-refractivity contribution < 1.29 is 19.5 Å². The average molecular weight is 376 g/mol. The Morgan fingerprint density at radius 1 is 0.821 bits per heavy atom. The number of carbonyl (C=O) groups excluding carboxylic acids is 3. The molecule has 0 aliphatic heterocycles. The Balaban J connectivity index is 1.48. The third-order valence-electron chi connectivity index (χ3n) is 5.22. The van der Waals surface area contributed by atoms with Crippen LogP contribution in [0.5, 0.6) is 5.75 Å². The van der Waals surface area contributed by atoms with Crippen LogP contribution in [-0.2, 0) is 11.2 Å². The maximum absolute atomic E-state index is 12.7. The lowest BCUT2D eigenvalue weighted by molar-refractivity contribution is -0.119. The zero-order valence-electron chi connectivity index (χ0n) is 16.0. The molecule has 4 heteroatoms. The Labute approximate surface area is 164 Å². The molecule has 3 rings (SSSR count). The number of phenols is 1. The highest BCUT2D eigenvalue weighted by Crippen LogP contribution is 2.29. The minimum absolute atomic E-state index is 0.0903. The molecule has 0 saturated heterocycles. The van der Waals surface area contributed by atoms with Crippen molar-refractivity contribution >= 4 is 17.3 Å². The van der Waals surface area contributed by atoms with Crippen LogP contribution in [0.25, 0.3) is 0 Å². The standard InChI is InChI=1S/C24H24O4/c1-16-20(24(28)22-10-3-2-9-21(22)23(16)27)11-5-8-18(25)7-4-6-17-12-14-19(26)15-13-17/h2-3,9-10,12-15,26H,4-8,11H2,1H3. The van der Waals surface area contributed by atoms with Crippen molar-refractivity contribution in [3.05, 3.63) is 76.4 Å². The van der Waals surface area contributed by atoms with E-state index in [1.807, 2.05) is 12.1 Å². The zero-order chi connectivity index (χ0) is 20.1. The monoisotopic (exact) mass is 376 g/mol. The van der Waals surface area contributed by atoms with Crippen LogP contribution in [0, 0.1) is 0 Å². The quantitative estimate of drug-likeness (QED) is 0.715. The van der Waals surface area contributed by atoms with E-state index in [0.717, 1.165) is 18.4 Å². The fraction of sp³-hybridized carbons (Fsp3) is 0.292. The largest absolute Gasteiger partial charge is 0.508 e. The normalized spacial score (nSPS) is 13.6. The molecular formula is C24H24O4. The molecular weight excluding hydrogens is 352 g/mol. The van der Waals surface area contributed by atoms with E-state index in [4.69, 9.17) is 0 Å². The van der Waals surface area contributed by atoms with Gasteiger partial charge in [0.05, 0.1) is 0 Å². The number of fused-ring (bicyclic) bond motifs is 1. The second kappa shape index (κ2) is 8.79. The number of carbonyl (C=O) groups is 3. The van der Waals surface area contributed by atoms with Crippen molar-refractivity contribution in [3.63, 3.8) is 0 Å². The Kier molecular flexibility index (Phi) is 6.19. The molecule has 1 aliphatic carbocycles. The Hall–Kier alpha value is -3.01. The number of Topliss-reactive ketones (excluding diaryl/α,β-unsaturated/α-hetero) is 3. The van der Waals surface area contributed by atoms with Crippen LogP contribution >= 0.6 is 0 Å². The molecule has 1 aliphatic rings. The molecule has 2 aromatic rings. The number of allylic oxidation sites excluding steroid dienone is 2. The Morgan fingerprint density at radius 2 is 1.39 bits per heavy atom. The number of aryl methyl sites for hydroxylation is 1. The number of aromatic hydroxyl groups is 1. The molecule has 0 heterocycles. The lowest BCUT2D eigenvalue weighted by Crippen LogP contribution is -2.21. The maximum Gasteiger partial charge on any atom is 0.190 e. The minimum atomic E-state index is -0.0922. The number of hydrogen-bond donors (Lipinski definition) is 1. The van der Waals surface area contributed by atoms with E-state index in [1.165, 1.54) is 0 Å². The van der Waals surface area contributed by atoms with Crippen molar-refractivity contribution in [2.45, 2.75) is 45.4 Å². The predicted octanol–water partition coefficient (Wildman–Crippen LogP) is 4.85. The molecule has 0 amide bonds. The first-order chi connectivity index (χ1) is 13.5. The van der Waals surface area contributed by atoms with Crippen molar-refractivity contribution in [2.24, 2.45) is 0 Å². The molecule has 0 radical (unpaired) electrons. The van der Waals surface area contributed by atoms with Crippen LogP contribution in [0.1, 0.15) is 65.3 Å². The molecule has 0 spiro atoms. The molecule has 0 bridgehead atoms. The molecule has 28 heavy (non-hydrogen) atoms. The molecule has 0 fully saturated rings. The second-order valence-electron chi connectivity index (χ2n) is 7.22. The van der Waals surface area contributed by atoms with Crippen LogP contribution in [-0.4, -0.2) is 22.5 Å². The van der Waals surface area contributed by atoms with E-state index >= 15 is 0 Å². The van der Waals surface area contributed by atoms with Gasteiger partial charge in [-0.1, -0.05) is 36.4 Å². The van der Waals surface area contributed by atoms with Crippen LogP contribution < -0.4 is 0 Å². The van der Waals surface area contributed by atoms with E-state index in [1.54, 1.807) is 43.3 Å². The summed E-state index contributed by atoms with van der Waals surface area (Å²) in [5.41, 5.74) is 3.08. The van der Waals surface area contributed by atoms with Gasteiger partial charge in [-0.2, -0.15) is 0 Å². The minimum Gasteiger partial charge on any atom is -0.508 e. The molecule has 0 atom stereocenters. The summed E-state index contributed by atoms with van der Waals surface area (Å²) >= 11 is 0. The van der Waals surface area contributed by atoms with Gasteiger partial charge < -0.3 is 5.11 Å². The van der Waals surface area contributed by atoms with Crippen molar-refractivity contribution in [3.8, 4) is 5.75 Å². The Bertz CT molecular complexity index is 935. The van der Waals surface area contributed by atoms with E-state index in [9.17, 15) is 19.5 Å². The van der Waals surface area contributed by atoms with E-state index in [0.29, 0.717) is 48.0 Å². The third-order valence-corrected chi connectivity index (χ3v) is 5.22. The van der Waals surface area contributed by atoms with Crippen LogP contribution in [0.15, 0.2) is 59.7 Å². The lowest BCUT2D eigenvalue weighted by atomic mass is 9.82. The lowest BCUT2D eigenvalue weighted by Gasteiger charge is -2.18. The van der Waals surface area contributed by atoms with Gasteiger partial charge in [-0.15, -0.1) is 0 Å². The van der Waals surface area contributed by atoms with E-state index < -0.39 is 0 Å². The molecule has 144 valence electrons. The number of benzene rings is 2. The summed E-state index contributed by atoms with van der Waals surface area (Å²) in [4.78, 5) is 37.3. The van der Waals surface area contributed by atoms with Crippen LogP contribution in [0.2, 0.25) is 0 Å². The van der Waals surface area contributed by atoms with Gasteiger partial charge in [0.15, 0.2) is 11.6 Å². The van der Waals surface area contributed by atoms with Gasteiger partial charge >= 0.3 is 0 Å². The summed E-state index contributed by atoms with van der Waals surface area (Å²) in [6, 6.07) is 13.9. The van der Waals surface area contributed by atoms with Gasteiger partial charge in [-0.05, 0) is 50.3 Å². The third kappa shape index (κ3) is 4.45. The number of rotatable bonds is 8. The summed E-state index contributed by atoms with van der Waals surface area (Å²) in [5.74, 6) is 0.229. The highest BCUT2D eigenvalue weighted by molar-refractivity contribution is 6.26. The number of hydrogen-bond acceptors (Lipinski definition) is 4. The highest BCUT2D eigenvalue weighted by atomic mass is 16.3. The average Bonchev–Trinajstić information content (AvgIpc) is 2.70. The summed E-state index contributed by atoms with van der Waals surface area (Å²) in [6.45, 7) is 1.70. The SMILES string of the molecule is CC1=C(CCCC(=O)CCCc2ccc(O)cc2)C(=O)c2ccccc2C1=O. The molecule has 1 N–H and O–H groups in total. The second-order valence-corrected chi connectivity index (χ2v) is 7.22. The highest BCUT2D eigenvalue weighted by Gasteiger charge is 2.28. The first kappa shape index (κ1) is 19.7. The molecule has 0 aromatic heterocycles. The maximum atomic E-state index is 12.7. The van der Waals surface area contributed by atoms with Gasteiger partial charge in [0.2, 0.25) is 0 Å². The molecule has 2 aromatic carbocycles. The summed E-state index contributed by atoms with van der Waals surface area (Å²) < 4.78 is 0. The van der Waals surface area contributed by atoms with Gasteiger partial charge in [-0.3, -0.25) is 14.4 Å². The number of phenolic OH excluding ortho intramolecular Hbond substituents is 1. The molecule has 0 unspecified atom stereocenters. The molecule has 4 nitrogen and oxygen atoms in total. The van der Waals surface area contributed by atoms with Gasteiger partial charge in [0.1, 0.15) is 11.5 Å². The predicted molar refractivity (Wildman–Crippen MR) is 108 cm³/mol. The van der Waals surface area contributed by atoms with Crippen LogP contribution in [0.3, 0.4) is 0 Å². The summed E-state index contributed by atoms with van der Waals surface area (Å²) in [7, 11) is 0. The summed E-state index contributed by atoms with van der Waals surface area (Å²) in [6.07, 6.45) is 3.49. The number of ketones is 3. The van der Waals surface area contributed by atoms with Gasteiger partial charge in [0, 0.05) is 35.1 Å². The van der Waals surface area contributed by atoms with Crippen molar-refractivity contribution in [1.29, 1.82) is 0 Å². The van der Waals surface area contributed by atoms with Crippen molar-refractivity contribution in [2.75, 3.05) is 0 Å². The van der Waals surface area contributed by atoms with Crippen molar-refractivity contribution in [1.82, 2.24) is 0 Å². The van der Waals surface area contributed by atoms with E-state index in [2.05, 4.69) is 0 Å². The zero-order valence-corrected chi connectivity index (χ0v) is 16.0. The Morgan fingerprint density at radius 3 is 2.04 bits per heavy atom.